The van der Waals surface area contributed by atoms with Gasteiger partial charge in [-0.2, -0.15) is 0 Å². The lowest BCUT2D eigenvalue weighted by Gasteiger charge is -2.16. The van der Waals surface area contributed by atoms with E-state index in [-0.39, 0.29) is 24.0 Å². The van der Waals surface area contributed by atoms with Crippen LogP contribution in [0.25, 0.3) is 0 Å². The number of amides is 2. The average molecular weight is 455 g/mol. The zero-order valence-electron chi connectivity index (χ0n) is 18.9. The van der Waals surface area contributed by atoms with Crippen molar-refractivity contribution in [2.45, 2.75) is 69.1 Å². The topological polar surface area (TPSA) is 76.6 Å². The van der Waals surface area contributed by atoms with Gasteiger partial charge >= 0.3 is 0 Å². The Kier molecular flexibility index (Phi) is 8.45. The molecule has 6 nitrogen and oxygen atoms in total. The number of aromatic nitrogens is 1. The molecule has 1 atom stereocenters. The molecular formula is C25H30N2O4S. The van der Waals surface area contributed by atoms with Gasteiger partial charge in [0.15, 0.2) is 5.78 Å². The van der Waals surface area contributed by atoms with E-state index in [1.54, 1.807) is 31.4 Å². The van der Waals surface area contributed by atoms with Crippen LogP contribution in [-0.4, -0.2) is 34.9 Å². The van der Waals surface area contributed by atoms with Gasteiger partial charge in [0.25, 0.3) is 0 Å². The average Bonchev–Trinajstić information content (AvgIpc) is 3.08. The number of thioether (sulfide) groups is 1. The summed E-state index contributed by atoms with van der Waals surface area (Å²) in [4.78, 5) is 44.5. The van der Waals surface area contributed by atoms with Gasteiger partial charge in [-0.05, 0) is 55.7 Å². The number of hydrogen-bond acceptors (Lipinski definition) is 6. The Bertz CT molecular complexity index is 974. The number of ether oxygens (including phenoxy) is 1. The predicted molar refractivity (Wildman–Crippen MR) is 126 cm³/mol. The molecule has 1 fully saturated rings. The van der Waals surface area contributed by atoms with E-state index in [2.05, 4.69) is 6.92 Å². The van der Waals surface area contributed by atoms with Crippen molar-refractivity contribution in [3.05, 3.63) is 47.7 Å². The summed E-state index contributed by atoms with van der Waals surface area (Å²) < 4.78 is 5.16. The second-order valence-corrected chi connectivity index (χ2v) is 9.05. The third-order valence-corrected chi connectivity index (χ3v) is 6.64. The maximum Gasteiger partial charge on any atom is 0.247 e. The van der Waals surface area contributed by atoms with Crippen LogP contribution in [0.15, 0.2) is 41.4 Å². The first-order chi connectivity index (χ1) is 15.5. The largest absolute Gasteiger partial charge is 0.497 e. The summed E-state index contributed by atoms with van der Waals surface area (Å²) >= 11 is 1.24. The van der Waals surface area contributed by atoms with Gasteiger partial charge in [0.1, 0.15) is 10.8 Å². The van der Waals surface area contributed by atoms with Crippen LogP contribution in [0.1, 0.15) is 68.4 Å². The SMILES string of the molecule is CCCCC(=O)c1ccc(CCCC)nc1S[C@H]1CC(=O)N(c2ccc(OC)cc2)C1=O. The smallest absolute Gasteiger partial charge is 0.247 e. The normalized spacial score (nSPS) is 16.0. The molecule has 3 rings (SSSR count). The quantitative estimate of drug-likeness (QED) is 0.342. The number of methoxy groups -OCH3 is 1. The lowest BCUT2D eigenvalue weighted by molar-refractivity contribution is -0.121. The van der Waals surface area contributed by atoms with Crippen molar-refractivity contribution in [1.29, 1.82) is 0 Å². The number of carbonyl (C=O) groups excluding carboxylic acids is 3. The summed E-state index contributed by atoms with van der Waals surface area (Å²) in [7, 11) is 1.56. The number of unbranched alkanes of at least 4 members (excludes halogenated alkanes) is 2. The van der Waals surface area contributed by atoms with E-state index < -0.39 is 5.25 Å². The van der Waals surface area contributed by atoms with Crippen LogP contribution in [-0.2, 0) is 16.0 Å². The minimum atomic E-state index is -0.601. The summed E-state index contributed by atoms with van der Waals surface area (Å²) in [6.07, 6.45) is 5.16. The summed E-state index contributed by atoms with van der Waals surface area (Å²) in [5.74, 6) is 0.159. The highest BCUT2D eigenvalue weighted by atomic mass is 32.2. The van der Waals surface area contributed by atoms with Crippen molar-refractivity contribution in [2.24, 2.45) is 0 Å². The zero-order valence-corrected chi connectivity index (χ0v) is 19.7. The fourth-order valence-electron chi connectivity index (χ4n) is 3.58. The van der Waals surface area contributed by atoms with Gasteiger partial charge in [0.2, 0.25) is 11.8 Å². The van der Waals surface area contributed by atoms with Gasteiger partial charge < -0.3 is 4.74 Å². The van der Waals surface area contributed by atoms with Crippen molar-refractivity contribution in [3.8, 4) is 5.75 Å². The van der Waals surface area contributed by atoms with Crippen LogP contribution in [0.3, 0.4) is 0 Å². The molecule has 0 radical (unpaired) electrons. The van der Waals surface area contributed by atoms with Gasteiger partial charge in [-0.3, -0.25) is 14.4 Å². The number of hydrogen-bond donors (Lipinski definition) is 0. The Morgan fingerprint density at radius 2 is 1.81 bits per heavy atom. The van der Waals surface area contributed by atoms with Crippen LogP contribution >= 0.6 is 11.8 Å². The standard InChI is InChI=1S/C25H30N2O4S/c1-4-6-8-17-10-15-20(21(28)9-7-5-2)24(26-17)32-22-16-23(29)27(25(22)30)18-11-13-19(31-3)14-12-18/h10-15,22H,4-9,16H2,1-3H3/t22-/m0/s1. The van der Waals surface area contributed by atoms with E-state index in [9.17, 15) is 14.4 Å². The Balaban J connectivity index is 1.84. The molecule has 2 aromatic rings. The molecule has 2 amide bonds. The van der Waals surface area contributed by atoms with Gasteiger partial charge in [-0.15, -0.1) is 0 Å². The maximum absolute atomic E-state index is 13.1. The van der Waals surface area contributed by atoms with E-state index in [4.69, 9.17) is 9.72 Å². The van der Waals surface area contributed by atoms with Crippen LogP contribution in [0.4, 0.5) is 5.69 Å². The Labute approximate surface area is 193 Å². The molecule has 1 aliphatic heterocycles. The molecule has 1 aliphatic rings. The molecule has 0 saturated carbocycles. The number of anilines is 1. The lowest BCUT2D eigenvalue weighted by Crippen LogP contribution is -2.31. The van der Waals surface area contributed by atoms with Gasteiger partial charge in [-0.1, -0.05) is 38.5 Å². The van der Waals surface area contributed by atoms with Crippen molar-refractivity contribution < 1.29 is 19.1 Å². The van der Waals surface area contributed by atoms with E-state index in [0.29, 0.717) is 28.4 Å². The number of benzene rings is 1. The molecule has 1 aromatic heterocycles. The second-order valence-electron chi connectivity index (χ2n) is 7.86. The summed E-state index contributed by atoms with van der Waals surface area (Å²) in [6, 6.07) is 10.6. The third kappa shape index (κ3) is 5.57. The molecule has 2 heterocycles. The molecule has 32 heavy (non-hydrogen) atoms. The predicted octanol–water partition coefficient (Wildman–Crippen LogP) is 5.23. The monoisotopic (exact) mass is 454 g/mol. The Hall–Kier alpha value is -2.67. The summed E-state index contributed by atoms with van der Waals surface area (Å²) in [6.45, 7) is 4.17. The molecule has 0 spiro atoms. The second kappa shape index (κ2) is 11.3. The highest BCUT2D eigenvalue weighted by Crippen LogP contribution is 2.35. The number of Topliss-reactive ketones (excluding diaryl/α,β-unsaturated/α-hetero) is 1. The molecule has 0 unspecified atom stereocenters. The first-order valence-electron chi connectivity index (χ1n) is 11.2. The number of nitrogens with zero attached hydrogens (tertiary/aromatic N) is 2. The number of ketones is 1. The van der Waals surface area contributed by atoms with E-state index in [1.165, 1.54) is 16.7 Å². The molecule has 1 aromatic carbocycles. The first kappa shape index (κ1) is 24.0. The maximum atomic E-state index is 13.1. The van der Waals surface area contributed by atoms with Crippen LogP contribution in [0, 0.1) is 0 Å². The summed E-state index contributed by atoms with van der Waals surface area (Å²) in [5, 5.41) is -0.0429. The summed E-state index contributed by atoms with van der Waals surface area (Å²) in [5.41, 5.74) is 1.98. The molecule has 0 aliphatic carbocycles. The van der Waals surface area contributed by atoms with E-state index in [1.807, 2.05) is 19.1 Å². The van der Waals surface area contributed by atoms with Crippen molar-refractivity contribution in [1.82, 2.24) is 4.98 Å². The molecule has 1 saturated heterocycles. The lowest BCUT2D eigenvalue weighted by atomic mass is 10.1. The third-order valence-electron chi connectivity index (χ3n) is 5.45. The Morgan fingerprint density at radius 1 is 1.09 bits per heavy atom. The minimum absolute atomic E-state index is 0.0349. The molecule has 170 valence electrons. The van der Waals surface area contributed by atoms with Crippen LogP contribution in [0.2, 0.25) is 0 Å². The number of aryl methyl sites for hydroxylation is 1. The number of carbonyl (C=O) groups is 3. The molecular weight excluding hydrogens is 424 g/mol. The number of imide groups is 1. The fourth-order valence-corrected chi connectivity index (χ4v) is 4.76. The van der Waals surface area contributed by atoms with Gasteiger partial charge in [0, 0.05) is 24.1 Å². The van der Waals surface area contributed by atoms with Crippen molar-refractivity contribution in [3.63, 3.8) is 0 Å². The molecule has 7 heteroatoms. The highest BCUT2D eigenvalue weighted by molar-refractivity contribution is 8.00. The van der Waals surface area contributed by atoms with Crippen molar-refractivity contribution >= 4 is 35.0 Å². The number of pyridine rings is 1. The first-order valence-corrected chi connectivity index (χ1v) is 12.1. The Morgan fingerprint density at radius 3 is 2.47 bits per heavy atom. The number of rotatable bonds is 11. The zero-order chi connectivity index (χ0) is 23.1. The van der Waals surface area contributed by atoms with Crippen molar-refractivity contribution in [2.75, 3.05) is 12.0 Å². The molecule has 0 N–H and O–H groups in total. The van der Waals surface area contributed by atoms with Gasteiger partial charge in [0.05, 0.1) is 18.0 Å². The van der Waals surface area contributed by atoms with E-state index in [0.717, 1.165) is 37.8 Å². The fraction of sp³-hybridized carbons (Fsp3) is 0.440. The van der Waals surface area contributed by atoms with E-state index >= 15 is 0 Å². The van der Waals surface area contributed by atoms with Crippen LogP contribution < -0.4 is 9.64 Å². The van der Waals surface area contributed by atoms with Gasteiger partial charge in [-0.25, -0.2) is 9.88 Å². The van der Waals surface area contributed by atoms with Crippen LogP contribution in [0.5, 0.6) is 5.75 Å². The molecule has 0 bridgehead atoms. The minimum Gasteiger partial charge on any atom is -0.497 e. The highest BCUT2D eigenvalue weighted by Gasteiger charge is 2.41.